The smallest absolute Gasteiger partial charge is 0.230 e. The van der Waals surface area contributed by atoms with Crippen molar-refractivity contribution in [3.8, 4) is 22.8 Å². The minimum absolute atomic E-state index is 0.119. The predicted octanol–water partition coefficient (Wildman–Crippen LogP) is 3.66. The molecule has 1 aromatic carbocycles. The van der Waals surface area contributed by atoms with Gasteiger partial charge in [-0.1, -0.05) is 11.8 Å². The van der Waals surface area contributed by atoms with Crippen molar-refractivity contribution in [1.29, 1.82) is 0 Å². The van der Waals surface area contributed by atoms with Crippen LogP contribution in [0.15, 0.2) is 41.8 Å². The van der Waals surface area contributed by atoms with Crippen LogP contribution >= 0.6 is 11.8 Å². The van der Waals surface area contributed by atoms with Crippen molar-refractivity contribution in [3.63, 3.8) is 0 Å². The number of thioether (sulfide) groups is 1. The van der Waals surface area contributed by atoms with Crippen LogP contribution in [0.5, 0.6) is 11.5 Å². The van der Waals surface area contributed by atoms with Gasteiger partial charge in [-0.3, -0.25) is 9.48 Å². The summed E-state index contributed by atoms with van der Waals surface area (Å²) in [6.07, 6.45) is 3.68. The van der Waals surface area contributed by atoms with E-state index in [-0.39, 0.29) is 17.7 Å². The molecule has 0 radical (unpaired) electrons. The number of nitrogens with zero attached hydrogens (tertiary/aromatic N) is 4. The van der Waals surface area contributed by atoms with Gasteiger partial charge in [0.1, 0.15) is 11.5 Å². The van der Waals surface area contributed by atoms with Gasteiger partial charge in [-0.15, -0.1) is 0 Å². The van der Waals surface area contributed by atoms with E-state index in [4.69, 9.17) is 9.47 Å². The highest BCUT2D eigenvalue weighted by Gasteiger charge is 2.16. The maximum Gasteiger partial charge on any atom is 0.230 e. The Labute approximate surface area is 186 Å². The Morgan fingerprint density at radius 1 is 1.26 bits per heavy atom. The minimum atomic E-state index is -0.243. The van der Waals surface area contributed by atoms with Crippen LogP contribution in [0.2, 0.25) is 0 Å². The maximum atomic E-state index is 12.5. The Hall–Kier alpha value is -3.07. The molecule has 3 aromatic rings. The summed E-state index contributed by atoms with van der Waals surface area (Å²) < 4.78 is 12.6. The van der Waals surface area contributed by atoms with Crippen LogP contribution in [0.4, 0.5) is 0 Å². The molecule has 1 atom stereocenters. The first-order valence-electron chi connectivity index (χ1n) is 9.96. The largest absolute Gasteiger partial charge is 0.497 e. The van der Waals surface area contributed by atoms with E-state index in [1.807, 2.05) is 55.9 Å². The number of benzene rings is 1. The van der Waals surface area contributed by atoms with Gasteiger partial charge in [-0.05, 0) is 45.0 Å². The fourth-order valence-corrected chi connectivity index (χ4v) is 3.80. The van der Waals surface area contributed by atoms with Crippen LogP contribution in [-0.2, 0) is 11.3 Å². The van der Waals surface area contributed by atoms with E-state index in [9.17, 15) is 4.79 Å². The number of amides is 1. The molecule has 164 valence electrons. The van der Waals surface area contributed by atoms with E-state index < -0.39 is 0 Å². The van der Waals surface area contributed by atoms with Crippen molar-refractivity contribution < 1.29 is 14.3 Å². The topological polar surface area (TPSA) is 91.2 Å². The number of hydrogen-bond acceptors (Lipinski definition) is 7. The van der Waals surface area contributed by atoms with Crippen molar-refractivity contribution in [1.82, 2.24) is 25.1 Å². The third-order valence-electron chi connectivity index (χ3n) is 4.79. The zero-order valence-electron chi connectivity index (χ0n) is 18.4. The third-order valence-corrected chi connectivity index (χ3v) is 5.65. The molecule has 9 heteroatoms. The second-order valence-corrected chi connectivity index (χ2v) is 7.84. The van der Waals surface area contributed by atoms with E-state index in [2.05, 4.69) is 20.4 Å². The van der Waals surface area contributed by atoms with E-state index in [0.717, 1.165) is 29.1 Å². The van der Waals surface area contributed by atoms with Crippen molar-refractivity contribution in [2.24, 2.45) is 0 Å². The van der Waals surface area contributed by atoms with Crippen LogP contribution in [0, 0.1) is 6.92 Å². The molecule has 0 fully saturated rings. The lowest BCUT2D eigenvalue weighted by Gasteiger charge is -2.18. The number of hydrogen-bond donors (Lipinski definition) is 1. The number of methoxy groups -OCH3 is 2. The molecule has 1 amide bonds. The number of nitrogens with one attached hydrogen (secondary N) is 1. The molecule has 0 aliphatic heterocycles. The van der Waals surface area contributed by atoms with Crippen molar-refractivity contribution >= 4 is 17.7 Å². The van der Waals surface area contributed by atoms with Crippen LogP contribution in [-0.4, -0.2) is 45.6 Å². The number of ether oxygens (including phenoxy) is 2. The summed E-state index contributed by atoms with van der Waals surface area (Å²) in [5, 5.41) is 8.00. The van der Waals surface area contributed by atoms with Gasteiger partial charge in [-0.25, -0.2) is 9.97 Å². The molecule has 1 N–H and O–H groups in total. The van der Waals surface area contributed by atoms with Crippen LogP contribution in [0.1, 0.15) is 31.1 Å². The zero-order chi connectivity index (χ0) is 22.4. The van der Waals surface area contributed by atoms with Gasteiger partial charge in [0.25, 0.3) is 0 Å². The van der Waals surface area contributed by atoms with Crippen molar-refractivity contribution in [2.45, 2.75) is 38.5 Å². The Kier molecular flexibility index (Phi) is 7.51. The highest BCUT2D eigenvalue weighted by atomic mass is 32.2. The quantitative estimate of drug-likeness (QED) is 0.400. The van der Waals surface area contributed by atoms with Crippen molar-refractivity contribution in [3.05, 3.63) is 47.9 Å². The molecule has 0 bridgehead atoms. The summed E-state index contributed by atoms with van der Waals surface area (Å²) >= 11 is 1.29. The summed E-state index contributed by atoms with van der Waals surface area (Å²) in [7, 11) is 3.21. The summed E-state index contributed by atoms with van der Waals surface area (Å²) in [5.41, 5.74) is 3.52. The van der Waals surface area contributed by atoms with Gasteiger partial charge < -0.3 is 14.8 Å². The Bertz CT molecular complexity index is 1050. The first-order chi connectivity index (χ1) is 14.9. The lowest BCUT2D eigenvalue weighted by atomic mass is 10.1. The fraction of sp³-hybridized carbons (Fsp3) is 0.364. The molecule has 2 heterocycles. The number of aryl methyl sites for hydroxylation is 2. The molecule has 0 unspecified atom stereocenters. The molecule has 0 aliphatic carbocycles. The van der Waals surface area contributed by atoms with E-state index in [1.54, 1.807) is 20.4 Å². The second kappa shape index (κ2) is 10.3. The van der Waals surface area contributed by atoms with Crippen molar-refractivity contribution in [2.75, 3.05) is 20.0 Å². The Morgan fingerprint density at radius 2 is 2.06 bits per heavy atom. The fourth-order valence-electron chi connectivity index (χ4n) is 3.16. The monoisotopic (exact) mass is 441 g/mol. The van der Waals surface area contributed by atoms with Crippen LogP contribution in [0.25, 0.3) is 11.3 Å². The number of rotatable bonds is 9. The van der Waals surface area contributed by atoms with Gasteiger partial charge in [0.2, 0.25) is 5.91 Å². The van der Waals surface area contributed by atoms with Crippen LogP contribution in [0.3, 0.4) is 0 Å². The second-order valence-electron chi connectivity index (χ2n) is 6.89. The molecule has 8 nitrogen and oxygen atoms in total. The lowest BCUT2D eigenvalue weighted by molar-refractivity contribution is -0.119. The van der Waals surface area contributed by atoms with E-state index in [1.165, 1.54) is 11.8 Å². The number of carbonyl (C=O) groups is 1. The molecular weight excluding hydrogens is 414 g/mol. The predicted molar refractivity (Wildman–Crippen MR) is 120 cm³/mol. The van der Waals surface area contributed by atoms with E-state index in [0.29, 0.717) is 16.7 Å². The molecular formula is C22H27N5O3S. The average Bonchev–Trinajstić information content (AvgIpc) is 3.18. The van der Waals surface area contributed by atoms with E-state index >= 15 is 0 Å². The Morgan fingerprint density at radius 3 is 2.74 bits per heavy atom. The molecule has 3 rings (SSSR count). The van der Waals surface area contributed by atoms with Crippen LogP contribution < -0.4 is 14.8 Å². The molecule has 0 saturated carbocycles. The maximum absolute atomic E-state index is 12.5. The molecule has 31 heavy (non-hydrogen) atoms. The number of aromatic nitrogens is 4. The first-order valence-corrected chi connectivity index (χ1v) is 10.9. The zero-order valence-corrected chi connectivity index (χ0v) is 19.2. The van der Waals surface area contributed by atoms with Gasteiger partial charge in [0.05, 0.1) is 37.4 Å². The Balaban J connectivity index is 1.64. The van der Waals surface area contributed by atoms with Gasteiger partial charge in [0.15, 0.2) is 5.16 Å². The normalized spacial score (nSPS) is 11.8. The summed E-state index contributed by atoms with van der Waals surface area (Å²) in [6, 6.07) is 7.12. The third kappa shape index (κ3) is 5.55. The lowest BCUT2D eigenvalue weighted by Crippen LogP contribution is -2.28. The molecule has 2 aromatic heterocycles. The summed E-state index contributed by atoms with van der Waals surface area (Å²) in [6.45, 7) is 6.70. The summed E-state index contributed by atoms with van der Waals surface area (Å²) in [4.78, 5) is 21.4. The van der Waals surface area contributed by atoms with Gasteiger partial charge in [0, 0.05) is 30.1 Å². The molecule has 0 spiro atoms. The molecule has 0 saturated heterocycles. The average molecular weight is 442 g/mol. The highest BCUT2D eigenvalue weighted by Crippen LogP contribution is 2.29. The van der Waals surface area contributed by atoms with Gasteiger partial charge >= 0.3 is 0 Å². The molecule has 0 aliphatic rings. The first kappa shape index (κ1) is 22.6. The van der Waals surface area contributed by atoms with Gasteiger partial charge in [-0.2, -0.15) is 5.10 Å². The summed E-state index contributed by atoms with van der Waals surface area (Å²) in [5.74, 6) is 1.48. The minimum Gasteiger partial charge on any atom is -0.497 e. The number of carbonyl (C=O) groups excluding carboxylic acids is 1. The SMILES string of the molecule is CCn1cc(-c2ccnc(SCC(=O)N[C@@H](C)c3cc(OC)ccc3OC)n2)c(C)n1. The highest BCUT2D eigenvalue weighted by molar-refractivity contribution is 7.99. The standard InChI is InChI=1S/C22H27N5O3S/c1-6-27-12-18(15(3)26-27)19-9-10-23-22(25-19)31-13-21(28)24-14(2)17-11-16(29-4)7-8-20(17)30-5/h7-12,14H,6,13H2,1-5H3,(H,24,28)/t14-/m0/s1.